The van der Waals surface area contributed by atoms with E-state index in [-0.39, 0.29) is 66.2 Å². The van der Waals surface area contributed by atoms with Gasteiger partial charge in [-0.25, -0.2) is 4.79 Å². The molecule has 0 radical (unpaired) electrons. The van der Waals surface area contributed by atoms with Crippen LogP contribution in [0.1, 0.15) is 90.6 Å². The topological polar surface area (TPSA) is 385 Å². The summed E-state index contributed by atoms with van der Waals surface area (Å²) < 4.78 is 141. The third-order valence-corrected chi connectivity index (χ3v) is 19.9. The van der Waals surface area contributed by atoms with Crippen LogP contribution in [0.3, 0.4) is 0 Å². The lowest BCUT2D eigenvalue weighted by molar-refractivity contribution is -0.428. The van der Waals surface area contributed by atoms with Gasteiger partial charge in [0.1, 0.15) is 96.2 Å². The predicted molar refractivity (Wildman–Crippen MR) is 308 cm³/mol. The monoisotopic (exact) mass is 1390 g/mol. The maximum Gasteiger partial charge on any atom is 0.342 e. The molecule has 34 heteroatoms. The third-order valence-electron chi connectivity index (χ3n) is 19.1. The number of hydrogen-bond donors (Lipinski definition) is 6. The first kappa shape index (κ1) is 72.3. The Morgan fingerprint density at radius 2 is 1.36 bits per heavy atom. The van der Waals surface area contributed by atoms with Gasteiger partial charge in [0.25, 0.3) is 5.97 Å². The van der Waals surface area contributed by atoms with Crippen LogP contribution in [0.5, 0.6) is 11.5 Å². The van der Waals surface area contributed by atoms with Crippen LogP contribution in [-0.4, -0.2) is 286 Å². The minimum absolute atomic E-state index is 0.00326. The van der Waals surface area contributed by atoms with Gasteiger partial charge in [-0.3, -0.25) is 9.59 Å². The Bertz CT molecular complexity index is 2840. The number of esters is 2. The van der Waals surface area contributed by atoms with Gasteiger partial charge in [-0.15, -0.1) is 0 Å². The Morgan fingerprint density at radius 1 is 0.670 bits per heavy atom. The number of phenolic OH excluding ortho intramolecular Hbond substituents is 1. The molecule has 7 unspecified atom stereocenters. The minimum atomic E-state index is -2.13. The first-order valence-electron chi connectivity index (χ1n) is 31.3. The predicted octanol–water partition coefficient (Wildman–Crippen LogP) is 0.662. The molecule has 31 atom stereocenters. The molecular weight excluding hydrogens is 1300 g/mol. The molecule has 11 rings (SSSR count). The Kier molecular flexibility index (Phi) is 21.7. The Morgan fingerprint density at radius 3 is 2.02 bits per heavy atom. The van der Waals surface area contributed by atoms with Crippen LogP contribution in [-0.2, 0) is 114 Å². The van der Waals surface area contributed by atoms with Gasteiger partial charge in [-0.1, -0.05) is 37.0 Å². The molecular formula is C60H86Cl2O32. The molecule has 6 N–H and O–H groups in total. The normalized spacial score (nSPS) is 47.7. The second-order valence-corrected chi connectivity index (χ2v) is 26.6. The lowest BCUT2D eigenvalue weighted by Gasteiger charge is -2.49. The van der Waals surface area contributed by atoms with Gasteiger partial charge in [0.05, 0.1) is 80.4 Å². The number of benzene rings is 1. The second-order valence-electron chi connectivity index (χ2n) is 25.8. The highest BCUT2D eigenvalue weighted by atomic mass is 35.5. The number of aliphatic hydroxyl groups is 5. The lowest BCUT2D eigenvalue weighted by Crippen LogP contribution is -2.70. The quantitative estimate of drug-likeness (QED) is 0.0868. The summed E-state index contributed by atoms with van der Waals surface area (Å²) in [5, 5.41) is 68.7. The molecule has 10 heterocycles. The zero-order chi connectivity index (χ0) is 68.0. The van der Waals surface area contributed by atoms with E-state index in [0.717, 1.165) is 0 Å². The molecule has 2 spiro atoms. The summed E-state index contributed by atoms with van der Waals surface area (Å²) in [6, 6.07) is 0. The molecule has 0 aliphatic carbocycles. The van der Waals surface area contributed by atoms with Crippen molar-refractivity contribution >= 4 is 41.4 Å². The molecule has 10 saturated heterocycles. The molecule has 10 aliphatic rings. The van der Waals surface area contributed by atoms with E-state index in [1.807, 2.05) is 0 Å². The lowest BCUT2D eigenvalue weighted by atomic mass is 9.85. The number of aliphatic hydroxyl groups excluding tert-OH is 4. The van der Waals surface area contributed by atoms with Crippen molar-refractivity contribution in [2.75, 3.05) is 48.4 Å². The summed E-state index contributed by atoms with van der Waals surface area (Å²) in [5.74, 6) is -6.77. The van der Waals surface area contributed by atoms with E-state index in [1.54, 1.807) is 48.5 Å². The van der Waals surface area contributed by atoms with E-state index in [4.69, 9.17) is 132 Å². The van der Waals surface area contributed by atoms with Crippen molar-refractivity contribution in [3.8, 4) is 11.5 Å². The number of fused-ring (bicyclic) bond motifs is 4. The fraction of sp³-hybridized carbons (Fsp3) is 0.850. The molecule has 0 amide bonds. The zero-order valence-corrected chi connectivity index (χ0v) is 55.6. The summed E-state index contributed by atoms with van der Waals surface area (Å²) in [4.78, 5) is 39.1. The van der Waals surface area contributed by atoms with Gasteiger partial charge in [-0.2, -0.15) is 0 Å². The average Bonchev–Trinajstić information content (AvgIpc) is 1.55. The van der Waals surface area contributed by atoms with Crippen molar-refractivity contribution in [2.24, 2.45) is 5.92 Å². The van der Waals surface area contributed by atoms with Gasteiger partial charge in [0, 0.05) is 34.2 Å². The number of hydrogen-bond acceptors (Lipinski definition) is 32. The molecule has 532 valence electrons. The number of aldehydes is 1. The molecule has 1 aromatic carbocycles. The van der Waals surface area contributed by atoms with Crippen LogP contribution in [0.25, 0.3) is 0 Å². The van der Waals surface area contributed by atoms with E-state index in [9.17, 15) is 45.0 Å². The van der Waals surface area contributed by atoms with Gasteiger partial charge >= 0.3 is 17.9 Å². The molecule has 10 aliphatic heterocycles. The van der Waals surface area contributed by atoms with Gasteiger partial charge in [-0.05, 0) is 54.0 Å². The smallest absolute Gasteiger partial charge is 0.342 e. The molecule has 10 fully saturated rings. The summed E-state index contributed by atoms with van der Waals surface area (Å²) in [6.07, 6.45) is -32.5. The summed E-state index contributed by atoms with van der Waals surface area (Å²) in [5.41, 5.74) is -3.34. The fourth-order valence-electron chi connectivity index (χ4n) is 14.3. The van der Waals surface area contributed by atoms with Crippen molar-refractivity contribution in [1.82, 2.24) is 0 Å². The van der Waals surface area contributed by atoms with Crippen LogP contribution in [0.2, 0.25) is 10.0 Å². The second kappa shape index (κ2) is 28.2. The largest absolute Gasteiger partial charge is 0.505 e. The highest BCUT2D eigenvalue weighted by Crippen LogP contribution is 2.53. The zero-order valence-electron chi connectivity index (χ0n) is 54.0. The van der Waals surface area contributed by atoms with E-state index >= 15 is 0 Å². The molecule has 0 aromatic heterocycles. The molecule has 0 bridgehead atoms. The first-order valence-corrected chi connectivity index (χ1v) is 32.0. The van der Waals surface area contributed by atoms with Crippen LogP contribution in [0, 0.1) is 12.8 Å². The molecule has 0 saturated carbocycles. The minimum Gasteiger partial charge on any atom is -0.505 e. The number of carbonyl (C=O) groups excluding carboxylic acids is 3. The summed E-state index contributed by atoms with van der Waals surface area (Å²) in [7, 11) is 5.35. The van der Waals surface area contributed by atoms with Crippen molar-refractivity contribution in [3.05, 3.63) is 21.2 Å². The maximum absolute atomic E-state index is 13.5. The van der Waals surface area contributed by atoms with Crippen LogP contribution in [0.4, 0.5) is 0 Å². The van der Waals surface area contributed by atoms with E-state index in [0.29, 0.717) is 6.29 Å². The number of phenols is 1. The number of methoxy groups -OCH3 is 4. The number of ether oxygens (including phenoxy) is 23. The van der Waals surface area contributed by atoms with Gasteiger partial charge in [0.15, 0.2) is 66.9 Å². The maximum atomic E-state index is 13.5. The van der Waals surface area contributed by atoms with Gasteiger partial charge < -0.3 is 140 Å². The summed E-state index contributed by atoms with van der Waals surface area (Å²) >= 11 is 12.5. The number of halogens is 2. The summed E-state index contributed by atoms with van der Waals surface area (Å²) in [6.45, 7) is 13.8. The molecule has 32 nitrogen and oxygen atoms in total. The van der Waals surface area contributed by atoms with Crippen molar-refractivity contribution in [1.29, 1.82) is 0 Å². The first-order chi connectivity index (χ1) is 44.5. The standard InChI is InChI=1S/C60H86Cl2O32/c1-21(2)52(69)86-48-44-31(91-60(92-44)51-50(77-20-78-51)58(71,19-63)27(8)90-60)18-76-55(48)88-56-47(75-13)38(67)43(30(82-56)17-72-10)87-54-39(68)46(42(73-11)24(5)81-54)84-33-16-57(9)49(26(7)80-33)93-59(94-57)15-29(65)41(25(6)89-59)83-32-14-28(64)40(23(4)79-32)85-53(70)34-22(3)35(61)37(66)36(62)45(34)74-12/h19,21,23-33,38-44,46-51,54-56,64-68,71H,14-18,20H2,1-13H3/t23-,24-,25-,26-,27-,28-,29-,30-,31+,32?,33?,38+,39?,40-,41-,42+,43-,44-,46?,47+,48-,49-,50-,51-,54+,55?,56+,57-,58+,59?,60?/m1/s1. The van der Waals surface area contributed by atoms with Crippen LogP contribution in [0.15, 0.2) is 0 Å². The van der Waals surface area contributed by atoms with E-state index in [2.05, 4.69) is 0 Å². The molecule has 1 aromatic rings. The fourth-order valence-corrected chi connectivity index (χ4v) is 14.8. The van der Waals surface area contributed by atoms with Crippen molar-refractivity contribution in [2.45, 2.75) is 270 Å². The Balaban J connectivity index is 0.721. The Hall–Kier alpha value is -2.99. The van der Waals surface area contributed by atoms with Crippen LogP contribution < -0.4 is 4.74 Å². The number of carbonyl (C=O) groups is 3. The van der Waals surface area contributed by atoms with Crippen LogP contribution >= 0.6 is 23.2 Å². The highest BCUT2D eigenvalue weighted by molar-refractivity contribution is 6.39. The van der Waals surface area contributed by atoms with Gasteiger partial charge in [0.2, 0.25) is 6.29 Å². The Labute approximate surface area is 551 Å². The highest BCUT2D eigenvalue weighted by Gasteiger charge is 2.72. The number of rotatable bonds is 18. The number of aromatic hydroxyl groups is 1. The average molecular weight is 1390 g/mol. The van der Waals surface area contributed by atoms with E-state index < -0.39 is 212 Å². The molecule has 94 heavy (non-hydrogen) atoms. The SMILES string of the molecule is COC[C@H]1O[C@@H](OC2OC[C@@H]3OC4(O[C@H]3[C@H]2OC(=O)C(C)C)O[C@H](C)[C@@](O)(C=O)[C@@H]2OCO[C@H]24)[C@@H](OC)[C@@H](O)[C@@H]1O[C@@H]1O[C@H](C)[C@H](OC)C(OC2C[C@@]3(C)OC4(C[C@@H](O)[C@H](OC5C[C@@H](O)[C@H](OC(=O)c6c(C)c(Cl)c(O)c(Cl)c6OC)[C@@H](C)O5)[C@@H](C)O4)O[C@@H]3[C@@H](C)O2)C1O. The van der Waals surface area contributed by atoms with E-state index in [1.165, 1.54) is 42.3 Å². The van der Waals surface area contributed by atoms with Crippen molar-refractivity contribution in [3.63, 3.8) is 0 Å². The van der Waals surface area contributed by atoms with Crippen molar-refractivity contribution < 1.29 is 154 Å². The third kappa shape index (κ3) is 13.1.